The fourth-order valence-electron chi connectivity index (χ4n) is 0.854. The molecule has 0 fully saturated rings. The van der Waals surface area contributed by atoms with E-state index < -0.39 is 12.1 Å². The van der Waals surface area contributed by atoms with Crippen molar-refractivity contribution in [1.82, 2.24) is 4.98 Å². The predicted octanol–water partition coefficient (Wildman–Crippen LogP) is 1.88. The van der Waals surface area contributed by atoms with Crippen molar-refractivity contribution in [3.05, 3.63) is 29.8 Å². The Morgan fingerprint density at radius 1 is 1.58 bits per heavy atom. The third-order valence-electron chi connectivity index (χ3n) is 1.52. The van der Waals surface area contributed by atoms with Gasteiger partial charge in [-0.05, 0) is 18.1 Å². The molecule has 0 saturated carbocycles. The van der Waals surface area contributed by atoms with Crippen LogP contribution in [-0.4, -0.2) is 16.0 Å². The molecular weight excluding hydrogens is 181 g/mol. The van der Waals surface area contributed by atoms with E-state index >= 15 is 0 Å². The van der Waals surface area contributed by atoms with Crippen LogP contribution in [0.5, 0.6) is 0 Å². The second kappa shape index (κ2) is 4.38. The van der Waals surface area contributed by atoms with Gasteiger partial charge in [-0.3, -0.25) is 0 Å². The van der Waals surface area contributed by atoms with Gasteiger partial charge in [0.25, 0.3) is 0 Å². The van der Waals surface area contributed by atoms with Crippen molar-refractivity contribution < 1.29 is 9.50 Å². The van der Waals surface area contributed by atoms with Crippen LogP contribution in [0.3, 0.4) is 0 Å². The van der Waals surface area contributed by atoms with Crippen LogP contribution in [0.4, 0.5) is 4.39 Å². The summed E-state index contributed by atoms with van der Waals surface area (Å²) in [6, 6.07) is 2.71. The van der Waals surface area contributed by atoms with Crippen molar-refractivity contribution in [1.29, 1.82) is 0 Å². The molecule has 66 valence electrons. The number of nitrogens with zero attached hydrogens (tertiary/aromatic N) is 1. The molecule has 1 rings (SSSR count). The Bertz CT molecular complexity index is 239. The SMILES string of the molecule is OC(CCCl)c1ccc(F)nc1. The Balaban J connectivity index is 2.68. The lowest BCUT2D eigenvalue weighted by Gasteiger charge is -2.07. The molecule has 0 radical (unpaired) electrons. The van der Waals surface area contributed by atoms with Gasteiger partial charge < -0.3 is 5.11 Å². The van der Waals surface area contributed by atoms with Gasteiger partial charge in [0.2, 0.25) is 5.95 Å². The van der Waals surface area contributed by atoms with Crippen LogP contribution >= 0.6 is 11.6 Å². The lowest BCUT2D eigenvalue weighted by atomic mass is 10.1. The second-order valence-electron chi connectivity index (χ2n) is 2.41. The first kappa shape index (κ1) is 9.42. The third-order valence-corrected chi connectivity index (χ3v) is 1.74. The summed E-state index contributed by atoms with van der Waals surface area (Å²) >= 11 is 5.42. The highest BCUT2D eigenvalue weighted by atomic mass is 35.5. The number of hydrogen-bond donors (Lipinski definition) is 1. The van der Waals surface area contributed by atoms with Gasteiger partial charge in [-0.15, -0.1) is 11.6 Å². The van der Waals surface area contributed by atoms with Crippen molar-refractivity contribution in [3.8, 4) is 0 Å². The molecule has 0 aromatic carbocycles. The summed E-state index contributed by atoms with van der Waals surface area (Å²) in [6.07, 6.45) is 1.12. The van der Waals surface area contributed by atoms with Crippen LogP contribution in [-0.2, 0) is 0 Å². The van der Waals surface area contributed by atoms with Crippen LogP contribution in [0.25, 0.3) is 0 Å². The highest BCUT2D eigenvalue weighted by molar-refractivity contribution is 6.17. The van der Waals surface area contributed by atoms with Crippen molar-refractivity contribution in [3.63, 3.8) is 0 Å². The van der Waals surface area contributed by atoms with Gasteiger partial charge in [-0.25, -0.2) is 4.98 Å². The molecule has 0 aliphatic carbocycles. The summed E-state index contributed by atoms with van der Waals surface area (Å²) in [4.78, 5) is 3.41. The smallest absolute Gasteiger partial charge is 0.212 e. The minimum Gasteiger partial charge on any atom is -0.388 e. The summed E-state index contributed by atoms with van der Waals surface area (Å²) in [5.41, 5.74) is 0.594. The van der Waals surface area contributed by atoms with Crippen LogP contribution in [0.15, 0.2) is 18.3 Å². The lowest BCUT2D eigenvalue weighted by molar-refractivity contribution is 0.174. The lowest BCUT2D eigenvalue weighted by Crippen LogP contribution is -1.99. The Hall–Kier alpha value is -0.670. The van der Waals surface area contributed by atoms with Gasteiger partial charge in [0.05, 0.1) is 6.10 Å². The highest BCUT2D eigenvalue weighted by Gasteiger charge is 2.06. The average molecular weight is 190 g/mol. The minimum absolute atomic E-state index is 0.374. The summed E-state index contributed by atoms with van der Waals surface area (Å²) in [5.74, 6) is -0.171. The largest absolute Gasteiger partial charge is 0.388 e. The Morgan fingerprint density at radius 2 is 2.33 bits per heavy atom. The van der Waals surface area contributed by atoms with E-state index in [1.165, 1.54) is 18.3 Å². The van der Waals surface area contributed by atoms with E-state index in [0.29, 0.717) is 17.9 Å². The number of rotatable bonds is 3. The average Bonchev–Trinajstić information content (AvgIpc) is 2.06. The normalized spacial score (nSPS) is 12.9. The summed E-state index contributed by atoms with van der Waals surface area (Å²) in [5, 5.41) is 9.36. The minimum atomic E-state index is -0.643. The zero-order chi connectivity index (χ0) is 8.97. The number of aromatic nitrogens is 1. The molecule has 0 aliphatic rings. The van der Waals surface area contributed by atoms with Gasteiger partial charge in [0.15, 0.2) is 0 Å². The Kier molecular flexibility index (Phi) is 3.44. The van der Waals surface area contributed by atoms with E-state index in [0.717, 1.165) is 0 Å². The fraction of sp³-hybridized carbons (Fsp3) is 0.375. The summed E-state index contributed by atoms with van der Waals surface area (Å²) in [6.45, 7) is 0. The van der Waals surface area contributed by atoms with Crippen LogP contribution < -0.4 is 0 Å². The molecule has 0 saturated heterocycles. The number of aliphatic hydroxyl groups excluding tert-OH is 1. The third kappa shape index (κ3) is 2.43. The van der Waals surface area contributed by atoms with Gasteiger partial charge in [0.1, 0.15) is 0 Å². The van der Waals surface area contributed by atoms with Crippen molar-refractivity contribution in [2.45, 2.75) is 12.5 Å². The highest BCUT2D eigenvalue weighted by Crippen LogP contribution is 2.15. The molecule has 12 heavy (non-hydrogen) atoms. The number of hydrogen-bond acceptors (Lipinski definition) is 2. The summed E-state index contributed by atoms with van der Waals surface area (Å²) in [7, 11) is 0. The standard InChI is InChI=1S/C8H9ClFNO/c9-4-3-7(12)6-1-2-8(10)11-5-6/h1-2,5,7,12H,3-4H2. The van der Waals surface area contributed by atoms with E-state index in [9.17, 15) is 9.50 Å². The van der Waals surface area contributed by atoms with Gasteiger partial charge in [-0.1, -0.05) is 6.07 Å². The van der Waals surface area contributed by atoms with E-state index in [1.807, 2.05) is 0 Å². The number of aliphatic hydroxyl groups is 1. The van der Waals surface area contributed by atoms with E-state index in [4.69, 9.17) is 11.6 Å². The number of halogens is 2. The first-order valence-electron chi connectivity index (χ1n) is 3.59. The van der Waals surface area contributed by atoms with E-state index in [-0.39, 0.29) is 0 Å². The van der Waals surface area contributed by atoms with Crippen molar-refractivity contribution >= 4 is 11.6 Å². The van der Waals surface area contributed by atoms with Gasteiger partial charge in [0, 0.05) is 12.1 Å². The van der Waals surface area contributed by atoms with Crippen molar-refractivity contribution in [2.24, 2.45) is 0 Å². The zero-order valence-corrected chi connectivity index (χ0v) is 7.13. The van der Waals surface area contributed by atoms with Crippen molar-refractivity contribution in [2.75, 3.05) is 5.88 Å². The van der Waals surface area contributed by atoms with Crippen LogP contribution in [0.2, 0.25) is 0 Å². The molecular formula is C8H9ClFNO. The molecule has 1 heterocycles. The molecule has 2 nitrogen and oxygen atoms in total. The molecule has 0 bridgehead atoms. The molecule has 0 spiro atoms. The first-order valence-corrected chi connectivity index (χ1v) is 4.13. The summed E-state index contributed by atoms with van der Waals surface area (Å²) < 4.78 is 12.3. The molecule has 0 aliphatic heterocycles. The maximum absolute atomic E-state index is 12.3. The second-order valence-corrected chi connectivity index (χ2v) is 2.79. The maximum atomic E-state index is 12.3. The first-order chi connectivity index (χ1) is 5.74. The van der Waals surface area contributed by atoms with Crippen LogP contribution in [0.1, 0.15) is 18.1 Å². The van der Waals surface area contributed by atoms with E-state index in [1.54, 1.807) is 0 Å². The molecule has 0 amide bonds. The fourth-order valence-corrected chi connectivity index (χ4v) is 1.06. The van der Waals surface area contributed by atoms with Crippen LogP contribution in [0, 0.1) is 5.95 Å². The molecule has 4 heteroatoms. The quantitative estimate of drug-likeness (QED) is 0.582. The molecule has 1 aromatic heterocycles. The van der Waals surface area contributed by atoms with E-state index in [2.05, 4.69) is 4.98 Å². The predicted molar refractivity (Wildman–Crippen MR) is 44.5 cm³/mol. The molecule has 1 unspecified atom stereocenters. The molecule has 1 N–H and O–H groups in total. The van der Waals surface area contributed by atoms with Gasteiger partial charge in [-0.2, -0.15) is 4.39 Å². The number of alkyl halides is 1. The molecule has 1 atom stereocenters. The topological polar surface area (TPSA) is 33.1 Å². The maximum Gasteiger partial charge on any atom is 0.212 e. The molecule has 1 aromatic rings. The monoisotopic (exact) mass is 189 g/mol. The van der Waals surface area contributed by atoms with Gasteiger partial charge >= 0.3 is 0 Å². The number of pyridine rings is 1. The zero-order valence-electron chi connectivity index (χ0n) is 6.37. The Labute approximate surface area is 75.0 Å². The Morgan fingerprint density at radius 3 is 2.83 bits per heavy atom.